The average molecular weight is 232 g/mol. The van der Waals surface area contributed by atoms with Crippen molar-refractivity contribution in [2.24, 2.45) is 10.8 Å². The Labute approximate surface area is 108 Å². The van der Waals surface area contributed by atoms with Crippen LogP contribution in [0.4, 0.5) is 0 Å². The van der Waals surface area contributed by atoms with Gasteiger partial charge in [0, 0.05) is 0 Å². The molecule has 1 rings (SSSR count). The van der Waals surface area contributed by atoms with Crippen LogP contribution in [-0.2, 0) is 0 Å². The van der Waals surface area contributed by atoms with Gasteiger partial charge in [-0.25, -0.2) is 0 Å². The largest absolute Gasteiger partial charge is 0.0801 e. The second kappa shape index (κ2) is 5.25. The molecule has 0 saturated carbocycles. The molecule has 0 spiro atoms. The van der Waals surface area contributed by atoms with Gasteiger partial charge in [0.1, 0.15) is 0 Å². The molecule has 0 fully saturated rings. The Bertz CT molecular complexity index is 341. The highest BCUT2D eigenvalue weighted by molar-refractivity contribution is 5.36. The number of hydrogen-bond donors (Lipinski definition) is 0. The fourth-order valence-corrected chi connectivity index (χ4v) is 2.24. The minimum atomic E-state index is 0.283. The van der Waals surface area contributed by atoms with E-state index in [1.807, 2.05) is 0 Å². The first kappa shape index (κ1) is 14.3. The molecule has 0 radical (unpaired) electrons. The van der Waals surface area contributed by atoms with E-state index in [1.54, 1.807) is 0 Å². The second-order valence-electron chi connectivity index (χ2n) is 6.44. The van der Waals surface area contributed by atoms with Crippen LogP contribution in [0.3, 0.4) is 0 Å². The van der Waals surface area contributed by atoms with Gasteiger partial charge in [-0.2, -0.15) is 0 Å². The van der Waals surface area contributed by atoms with Crippen molar-refractivity contribution in [3.05, 3.63) is 35.5 Å². The zero-order chi connectivity index (χ0) is 13.1. The van der Waals surface area contributed by atoms with Gasteiger partial charge in [-0.05, 0) is 35.7 Å². The van der Waals surface area contributed by atoms with Gasteiger partial charge >= 0.3 is 0 Å². The maximum absolute atomic E-state index is 2.37. The summed E-state index contributed by atoms with van der Waals surface area (Å²) in [6, 6.07) is 0. The van der Waals surface area contributed by atoms with E-state index in [0.29, 0.717) is 5.41 Å². The zero-order valence-electron chi connectivity index (χ0n) is 12.4. The van der Waals surface area contributed by atoms with Gasteiger partial charge in [-0.3, -0.25) is 0 Å². The van der Waals surface area contributed by atoms with Crippen molar-refractivity contribution in [2.45, 2.75) is 60.8 Å². The molecular weight excluding hydrogens is 204 g/mol. The Balaban J connectivity index is 3.06. The van der Waals surface area contributed by atoms with Crippen LogP contribution in [0.15, 0.2) is 35.5 Å². The molecule has 0 aliphatic heterocycles. The van der Waals surface area contributed by atoms with Gasteiger partial charge in [-0.1, -0.05) is 71.4 Å². The molecule has 0 aromatic heterocycles. The topological polar surface area (TPSA) is 0 Å². The third kappa shape index (κ3) is 3.34. The molecule has 0 unspecified atom stereocenters. The van der Waals surface area contributed by atoms with E-state index in [2.05, 4.69) is 65.8 Å². The van der Waals surface area contributed by atoms with E-state index >= 15 is 0 Å². The Morgan fingerprint density at radius 2 is 1.59 bits per heavy atom. The molecule has 17 heavy (non-hydrogen) atoms. The Morgan fingerprint density at radius 1 is 1.00 bits per heavy atom. The van der Waals surface area contributed by atoms with Crippen LogP contribution < -0.4 is 0 Å². The molecule has 0 heterocycles. The standard InChI is InChI=1S/C17H28/c1-7-17(6,8-2)15-11-9-10-14(12-13-15)16(3,4)5/h9,11-13H,7-8,10H2,1-6H3. The van der Waals surface area contributed by atoms with Crippen LogP contribution in [0.2, 0.25) is 0 Å². The van der Waals surface area contributed by atoms with Crippen molar-refractivity contribution in [3.63, 3.8) is 0 Å². The quantitative estimate of drug-likeness (QED) is 0.588. The van der Waals surface area contributed by atoms with E-state index < -0.39 is 0 Å². The Morgan fingerprint density at radius 3 is 2.06 bits per heavy atom. The van der Waals surface area contributed by atoms with Gasteiger partial charge in [0.25, 0.3) is 0 Å². The van der Waals surface area contributed by atoms with Gasteiger partial charge in [0.05, 0.1) is 0 Å². The van der Waals surface area contributed by atoms with Crippen molar-refractivity contribution < 1.29 is 0 Å². The lowest BCUT2D eigenvalue weighted by molar-refractivity contribution is 0.376. The number of hydrogen-bond acceptors (Lipinski definition) is 0. The van der Waals surface area contributed by atoms with Crippen molar-refractivity contribution in [3.8, 4) is 0 Å². The number of allylic oxidation sites excluding steroid dienone is 6. The minimum Gasteiger partial charge on any atom is -0.0801 e. The monoisotopic (exact) mass is 232 g/mol. The van der Waals surface area contributed by atoms with Gasteiger partial charge in [-0.15, -0.1) is 0 Å². The Kier molecular flexibility index (Phi) is 4.41. The van der Waals surface area contributed by atoms with Crippen LogP contribution in [0.5, 0.6) is 0 Å². The summed E-state index contributed by atoms with van der Waals surface area (Å²) in [5.41, 5.74) is 3.63. The van der Waals surface area contributed by atoms with Crippen molar-refractivity contribution in [1.29, 1.82) is 0 Å². The summed E-state index contributed by atoms with van der Waals surface area (Å²) >= 11 is 0. The van der Waals surface area contributed by atoms with Crippen LogP contribution in [0.25, 0.3) is 0 Å². The molecule has 0 amide bonds. The summed E-state index contributed by atoms with van der Waals surface area (Å²) in [7, 11) is 0. The van der Waals surface area contributed by atoms with Crippen LogP contribution in [0, 0.1) is 10.8 Å². The van der Waals surface area contributed by atoms with E-state index in [4.69, 9.17) is 0 Å². The summed E-state index contributed by atoms with van der Waals surface area (Å²) in [6.45, 7) is 13.8. The first-order chi connectivity index (χ1) is 7.83. The predicted molar refractivity (Wildman–Crippen MR) is 78.1 cm³/mol. The van der Waals surface area contributed by atoms with E-state index in [-0.39, 0.29) is 5.41 Å². The Hall–Kier alpha value is -0.780. The van der Waals surface area contributed by atoms with Crippen molar-refractivity contribution in [1.82, 2.24) is 0 Å². The van der Waals surface area contributed by atoms with Gasteiger partial charge in [0.15, 0.2) is 0 Å². The fourth-order valence-electron chi connectivity index (χ4n) is 2.24. The summed E-state index contributed by atoms with van der Waals surface area (Å²) in [5, 5.41) is 0. The maximum Gasteiger partial charge on any atom is -0.00806 e. The minimum absolute atomic E-state index is 0.283. The molecule has 0 aromatic carbocycles. The highest BCUT2D eigenvalue weighted by Crippen LogP contribution is 2.38. The van der Waals surface area contributed by atoms with Crippen LogP contribution in [-0.4, -0.2) is 0 Å². The molecule has 0 aromatic rings. The molecule has 1 aliphatic rings. The van der Waals surface area contributed by atoms with Gasteiger partial charge in [0.2, 0.25) is 0 Å². The molecule has 96 valence electrons. The van der Waals surface area contributed by atoms with Crippen molar-refractivity contribution >= 4 is 0 Å². The highest BCUT2D eigenvalue weighted by atomic mass is 14.3. The number of rotatable bonds is 3. The lowest BCUT2D eigenvalue weighted by Crippen LogP contribution is -2.15. The lowest BCUT2D eigenvalue weighted by atomic mass is 9.77. The third-order valence-electron chi connectivity index (χ3n) is 4.32. The van der Waals surface area contributed by atoms with E-state index in [0.717, 1.165) is 6.42 Å². The van der Waals surface area contributed by atoms with Crippen molar-refractivity contribution in [2.75, 3.05) is 0 Å². The fraction of sp³-hybridized carbons (Fsp3) is 0.647. The average Bonchev–Trinajstić information content (AvgIpc) is 2.53. The maximum atomic E-state index is 2.37. The summed E-state index contributed by atoms with van der Waals surface area (Å²) in [4.78, 5) is 0. The van der Waals surface area contributed by atoms with E-state index in [1.165, 1.54) is 24.0 Å². The second-order valence-corrected chi connectivity index (χ2v) is 6.44. The van der Waals surface area contributed by atoms with E-state index in [9.17, 15) is 0 Å². The molecule has 0 N–H and O–H groups in total. The normalized spacial score (nSPS) is 17.5. The predicted octanol–water partition coefficient (Wildman–Crippen LogP) is 5.67. The first-order valence-electron chi connectivity index (χ1n) is 6.92. The smallest absolute Gasteiger partial charge is 0.00806 e. The summed E-state index contributed by atoms with van der Waals surface area (Å²) in [5.74, 6) is 0. The first-order valence-corrected chi connectivity index (χ1v) is 6.92. The zero-order valence-corrected chi connectivity index (χ0v) is 12.4. The van der Waals surface area contributed by atoms with Gasteiger partial charge < -0.3 is 0 Å². The molecule has 0 bridgehead atoms. The SMILES string of the molecule is CCC(C)(CC)C1=CC=C(C(C)(C)C)CC=C1. The molecule has 0 saturated heterocycles. The molecule has 1 aliphatic carbocycles. The lowest BCUT2D eigenvalue weighted by Gasteiger charge is -2.28. The highest BCUT2D eigenvalue weighted by Gasteiger charge is 2.24. The summed E-state index contributed by atoms with van der Waals surface area (Å²) in [6.07, 6.45) is 12.9. The molecule has 0 heteroatoms. The summed E-state index contributed by atoms with van der Waals surface area (Å²) < 4.78 is 0. The molecule has 0 atom stereocenters. The van der Waals surface area contributed by atoms with Crippen LogP contribution >= 0.6 is 0 Å². The third-order valence-corrected chi connectivity index (χ3v) is 4.32. The molecular formula is C17H28. The molecule has 0 nitrogen and oxygen atoms in total. The van der Waals surface area contributed by atoms with Crippen LogP contribution in [0.1, 0.15) is 60.8 Å².